The van der Waals surface area contributed by atoms with Crippen molar-refractivity contribution in [2.75, 3.05) is 31.9 Å². The predicted molar refractivity (Wildman–Crippen MR) is 66.7 cm³/mol. The number of nitrogens with zero attached hydrogens (tertiary/aromatic N) is 1. The number of hydrogen-bond acceptors (Lipinski definition) is 3. The molecule has 0 aromatic heterocycles. The number of rotatable bonds is 2. The van der Waals surface area contributed by atoms with Gasteiger partial charge in [-0.1, -0.05) is 15.9 Å². The molecule has 0 amide bonds. The van der Waals surface area contributed by atoms with E-state index in [0.29, 0.717) is 0 Å². The summed E-state index contributed by atoms with van der Waals surface area (Å²) < 4.78 is 1.15. The zero-order valence-corrected chi connectivity index (χ0v) is 10.3. The summed E-state index contributed by atoms with van der Waals surface area (Å²) >= 11 is 3.56. The fourth-order valence-electron chi connectivity index (χ4n) is 1.83. The topological polar surface area (TPSA) is 41.3 Å². The summed E-state index contributed by atoms with van der Waals surface area (Å²) in [5.74, 6) is 0. The van der Waals surface area contributed by atoms with E-state index in [9.17, 15) is 0 Å². The standard InChI is InChI=1S/C11H16BrN3/c12-11-2-1-10(13)7-9(11)8-15-5-3-14-4-6-15/h1-2,7,14H,3-6,8,13H2. The molecule has 1 aromatic rings. The van der Waals surface area contributed by atoms with Gasteiger partial charge in [-0.2, -0.15) is 0 Å². The quantitative estimate of drug-likeness (QED) is 0.799. The van der Waals surface area contributed by atoms with Crippen molar-refractivity contribution in [1.29, 1.82) is 0 Å². The molecule has 1 saturated heterocycles. The van der Waals surface area contributed by atoms with E-state index >= 15 is 0 Å². The maximum atomic E-state index is 5.78. The molecule has 2 rings (SSSR count). The monoisotopic (exact) mass is 269 g/mol. The van der Waals surface area contributed by atoms with Crippen LogP contribution in [0.2, 0.25) is 0 Å². The van der Waals surface area contributed by atoms with Gasteiger partial charge in [0.25, 0.3) is 0 Å². The second-order valence-electron chi connectivity index (χ2n) is 3.88. The van der Waals surface area contributed by atoms with Crippen molar-refractivity contribution in [3.05, 3.63) is 28.2 Å². The molecule has 0 atom stereocenters. The molecule has 1 aromatic carbocycles. The highest BCUT2D eigenvalue weighted by Crippen LogP contribution is 2.21. The Labute approximate surface area is 98.8 Å². The Bertz CT molecular complexity index is 335. The van der Waals surface area contributed by atoms with Crippen LogP contribution in [-0.4, -0.2) is 31.1 Å². The number of halogens is 1. The first-order valence-electron chi connectivity index (χ1n) is 5.23. The minimum atomic E-state index is 0.836. The van der Waals surface area contributed by atoms with Crippen molar-refractivity contribution in [1.82, 2.24) is 10.2 Å². The van der Waals surface area contributed by atoms with Gasteiger partial charge in [0.2, 0.25) is 0 Å². The Morgan fingerprint density at radius 3 is 2.80 bits per heavy atom. The summed E-state index contributed by atoms with van der Waals surface area (Å²) in [4.78, 5) is 2.44. The average molecular weight is 270 g/mol. The van der Waals surface area contributed by atoms with Gasteiger partial charge < -0.3 is 11.1 Å². The van der Waals surface area contributed by atoms with Gasteiger partial charge in [-0.05, 0) is 23.8 Å². The van der Waals surface area contributed by atoms with Crippen molar-refractivity contribution >= 4 is 21.6 Å². The summed E-state index contributed by atoms with van der Waals surface area (Å²) in [6.07, 6.45) is 0. The molecule has 1 heterocycles. The molecule has 1 aliphatic rings. The summed E-state index contributed by atoms with van der Waals surface area (Å²) in [6.45, 7) is 5.37. The van der Waals surface area contributed by atoms with Crippen LogP contribution in [0, 0.1) is 0 Å². The third-order valence-electron chi connectivity index (χ3n) is 2.67. The van der Waals surface area contributed by atoms with Gasteiger partial charge in [-0.3, -0.25) is 4.90 Å². The lowest BCUT2D eigenvalue weighted by Crippen LogP contribution is -2.42. The van der Waals surface area contributed by atoms with Gasteiger partial charge in [0.15, 0.2) is 0 Å². The zero-order chi connectivity index (χ0) is 10.7. The molecule has 3 N–H and O–H groups in total. The van der Waals surface area contributed by atoms with Crippen LogP contribution in [-0.2, 0) is 6.54 Å². The maximum absolute atomic E-state index is 5.78. The Balaban J connectivity index is 2.05. The van der Waals surface area contributed by atoms with Gasteiger partial charge in [-0.25, -0.2) is 0 Å². The van der Waals surface area contributed by atoms with Crippen LogP contribution in [0.5, 0.6) is 0 Å². The fraction of sp³-hybridized carbons (Fsp3) is 0.455. The van der Waals surface area contributed by atoms with Crippen molar-refractivity contribution in [3.63, 3.8) is 0 Å². The molecule has 0 saturated carbocycles. The minimum absolute atomic E-state index is 0.836. The molecule has 15 heavy (non-hydrogen) atoms. The lowest BCUT2D eigenvalue weighted by atomic mass is 10.2. The summed E-state index contributed by atoms with van der Waals surface area (Å²) in [5, 5.41) is 3.35. The number of piperazine rings is 1. The molecule has 1 aliphatic heterocycles. The van der Waals surface area contributed by atoms with Gasteiger partial charge in [-0.15, -0.1) is 0 Å². The Hall–Kier alpha value is -0.580. The minimum Gasteiger partial charge on any atom is -0.399 e. The third kappa shape index (κ3) is 2.93. The van der Waals surface area contributed by atoms with E-state index in [1.165, 1.54) is 5.56 Å². The molecule has 1 fully saturated rings. The first-order chi connectivity index (χ1) is 7.25. The van der Waals surface area contributed by atoms with Crippen molar-refractivity contribution in [2.45, 2.75) is 6.54 Å². The largest absolute Gasteiger partial charge is 0.399 e. The van der Waals surface area contributed by atoms with Crippen LogP contribution in [0.25, 0.3) is 0 Å². The Kier molecular flexibility index (Phi) is 3.61. The lowest BCUT2D eigenvalue weighted by Gasteiger charge is -2.27. The summed E-state index contributed by atoms with van der Waals surface area (Å²) in [5.41, 5.74) is 7.89. The van der Waals surface area contributed by atoms with E-state index in [-0.39, 0.29) is 0 Å². The molecule has 0 spiro atoms. The number of benzene rings is 1. The highest BCUT2D eigenvalue weighted by molar-refractivity contribution is 9.10. The molecular weight excluding hydrogens is 254 g/mol. The fourth-order valence-corrected chi connectivity index (χ4v) is 2.20. The highest BCUT2D eigenvalue weighted by Gasteiger charge is 2.11. The number of nitrogen functional groups attached to an aromatic ring is 1. The SMILES string of the molecule is Nc1ccc(Br)c(CN2CCNCC2)c1. The van der Waals surface area contributed by atoms with Crippen LogP contribution in [0.15, 0.2) is 22.7 Å². The molecule has 3 nitrogen and oxygen atoms in total. The first-order valence-corrected chi connectivity index (χ1v) is 6.02. The number of nitrogens with one attached hydrogen (secondary N) is 1. The van der Waals surface area contributed by atoms with E-state index in [2.05, 4.69) is 26.1 Å². The number of nitrogens with two attached hydrogens (primary N) is 1. The van der Waals surface area contributed by atoms with Crippen LogP contribution >= 0.6 is 15.9 Å². The second-order valence-corrected chi connectivity index (χ2v) is 4.73. The van der Waals surface area contributed by atoms with Gasteiger partial charge in [0.05, 0.1) is 0 Å². The van der Waals surface area contributed by atoms with E-state index < -0.39 is 0 Å². The van der Waals surface area contributed by atoms with E-state index in [1.54, 1.807) is 0 Å². The lowest BCUT2D eigenvalue weighted by molar-refractivity contribution is 0.233. The Morgan fingerprint density at radius 2 is 2.07 bits per heavy atom. The molecule has 4 heteroatoms. The Morgan fingerprint density at radius 1 is 1.33 bits per heavy atom. The van der Waals surface area contributed by atoms with E-state index in [1.807, 2.05) is 18.2 Å². The normalized spacial score (nSPS) is 17.9. The number of hydrogen-bond donors (Lipinski definition) is 2. The summed E-state index contributed by atoms with van der Waals surface area (Å²) in [7, 11) is 0. The molecule has 0 bridgehead atoms. The molecule has 0 radical (unpaired) electrons. The molecule has 0 unspecified atom stereocenters. The van der Waals surface area contributed by atoms with Crippen molar-refractivity contribution in [2.24, 2.45) is 0 Å². The third-order valence-corrected chi connectivity index (χ3v) is 3.45. The number of anilines is 1. The predicted octanol–water partition coefficient (Wildman–Crippen LogP) is 1.44. The molecule has 82 valence electrons. The molecule has 0 aliphatic carbocycles. The van der Waals surface area contributed by atoms with E-state index in [0.717, 1.165) is 42.9 Å². The van der Waals surface area contributed by atoms with Crippen LogP contribution in [0.4, 0.5) is 5.69 Å². The highest BCUT2D eigenvalue weighted by atomic mass is 79.9. The van der Waals surface area contributed by atoms with E-state index in [4.69, 9.17) is 5.73 Å². The zero-order valence-electron chi connectivity index (χ0n) is 8.67. The molecular formula is C11H16BrN3. The second kappa shape index (κ2) is 4.96. The van der Waals surface area contributed by atoms with Gasteiger partial charge in [0.1, 0.15) is 0 Å². The maximum Gasteiger partial charge on any atom is 0.0318 e. The van der Waals surface area contributed by atoms with Crippen molar-refractivity contribution < 1.29 is 0 Å². The van der Waals surface area contributed by atoms with Gasteiger partial charge in [0, 0.05) is 42.9 Å². The smallest absolute Gasteiger partial charge is 0.0318 e. The van der Waals surface area contributed by atoms with Crippen LogP contribution in [0.1, 0.15) is 5.56 Å². The average Bonchev–Trinajstić information content (AvgIpc) is 2.25. The van der Waals surface area contributed by atoms with Gasteiger partial charge >= 0.3 is 0 Å². The first kappa shape index (κ1) is 10.9. The van der Waals surface area contributed by atoms with Crippen molar-refractivity contribution in [3.8, 4) is 0 Å². The van der Waals surface area contributed by atoms with Crippen LogP contribution < -0.4 is 11.1 Å². The summed E-state index contributed by atoms with van der Waals surface area (Å²) in [6, 6.07) is 5.99. The van der Waals surface area contributed by atoms with Crippen LogP contribution in [0.3, 0.4) is 0 Å².